The molecule has 0 radical (unpaired) electrons. The first-order valence-corrected chi connectivity index (χ1v) is 19.9. The van der Waals surface area contributed by atoms with Gasteiger partial charge in [-0.15, -0.1) is 90.7 Å². The number of fused-ring (bicyclic) bond motifs is 15. The summed E-state index contributed by atoms with van der Waals surface area (Å²) in [6.45, 7) is 0. The van der Waals surface area contributed by atoms with Crippen LogP contribution < -0.4 is 0 Å². The second-order valence-corrected chi connectivity index (χ2v) is 18.4. The summed E-state index contributed by atoms with van der Waals surface area (Å²) in [5.41, 5.74) is 0. The summed E-state index contributed by atoms with van der Waals surface area (Å²) in [6.07, 6.45) is 0. The third kappa shape index (κ3) is 3.58. The van der Waals surface area contributed by atoms with Crippen LogP contribution in [0, 0.1) is 0 Å². The Bertz CT molecular complexity index is 2430. The molecule has 0 aliphatic carbocycles. The van der Waals surface area contributed by atoms with Gasteiger partial charge in [0.2, 0.25) is 0 Å². The molecule has 0 unspecified atom stereocenters. The topological polar surface area (TPSA) is 0 Å². The van der Waals surface area contributed by atoms with Crippen molar-refractivity contribution in [2.45, 2.75) is 0 Å². The van der Waals surface area contributed by atoms with Crippen LogP contribution in [0.25, 0.3) is 86.0 Å². The highest BCUT2D eigenvalue weighted by molar-refractivity contribution is 7.46. The lowest BCUT2D eigenvalue weighted by Crippen LogP contribution is -1.84. The average molecular weight is 681 g/mol. The van der Waals surface area contributed by atoms with Crippen molar-refractivity contribution in [1.82, 2.24) is 0 Å². The Labute approximate surface area is 271 Å². The quantitative estimate of drug-likeness (QED) is 0.110. The van der Waals surface area contributed by atoms with Crippen LogP contribution in [-0.4, -0.2) is 0 Å². The second-order valence-electron chi connectivity index (χ2n) is 9.99. The van der Waals surface area contributed by atoms with Gasteiger partial charge in [0.1, 0.15) is 0 Å². The molecular weight excluding hydrogens is 665 g/mol. The summed E-state index contributed by atoms with van der Waals surface area (Å²) in [5, 5.41) is 2.88. The maximum absolute atomic E-state index is 2.29. The van der Waals surface area contributed by atoms with E-state index < -0.39 is 0 Å². The van der Waals surface area contributed by atoms with Gasteiger partial charge in [-0.05, 0) is 48.5 Å². The van der Waals surface area contributed by atoms with E-state index in [4.69, 9.17) is 0 Å². The first-order valence-electron chi connectivity index (χ1n) is 13.3. The predicted molar refractivity (Wildman–Crippen MR) is 202 cm³/mol. The largest absolute Gasteiger partial charge is 0.133 e. The molecule has 8 heteroatoms. The monoisotopic (exact) mass is 680 g/mol. The van der Waals surface area contributed by atoms with Gasteiger partial charge in [0, 0.05) is 48.4 Å². The molecule has 0 nitrogen and oxygen atoms in total. The lowest BCUT2D eigenvalue weighted by Gasteiger charge is -2.16. The fourth-order valence-corrected chi connectivity index (χ4v) is 16.4. The Morgan fingerprint density at radius 3 is 0.571 bits per heavy atom. The van der Waals surface area contributed by atoms with Gasteiger partial charge < -0.3 is 0 Å². The minimum Gasteiger partial charge on any atom is -0.133 e. The molecule has 200 valence electrons. The molecule has 0 aliphatic rings. The smallest absolute Gasteiger partial charge is 0.0643 e. The molecular formula is C34H16S8. The first kappa shape index (κ1) is 24.7. The van der Waals surface area contributed by atoms with Crippen molar-refractivity contribution in [1.29, 1.82) is 0 Å². The molecule has 0 amide bonds. The molecule has 10 rings (SSSR count). The summed E-state index contributed by atoms with van der Waals surface area (Å²) in [5.74, 6) is 0. The Morgan fingerprint density at radius 1 is 0.214 bits per heavy atom. The molecule has 0 bridgehead atoms. The highest BCUT2D eigenvalue weighted by Crippen LogP contribution is 2.55. The van der Waals surface area contributed by atoms with Crippen molar-refractivity contribution in [3.63, 3.8) is 0 Å². The van der Waals surface area contributed by atoms with E-state index in [1.54, 1.807) is 0 Å². The predicted octanol–water partition coefficient (Wildman–Crippen LogP) is 14.8. The molecule has 4 aromatic heterocycles. The number of hydrogen-bond donors (Lipinski definition) is 0. The van der Waals surface area contributed by atoms with Crippen LogP contribution in [0.4, 0.5) is 0 Å². The van der Waals surface area contributed by atoms with E-state index in [0.29, 0.717) is 0 Å². The fraction of sp³-hybridized carbons (Fsp3) is 0. The zero-order valence-corrected chi connectivity index (χ0v) is 28.0. The van der Waals surface area contributed by atoms with E-state index >= 15 is 0 Å². The highest BCUT2D eigenvalue weighted by atomic mass is 32.1. The molecule has 0 fully saturated rings. The Morgan fingerprint density at radius 2 is 0.381 bits per heavy atom. The maximum Gasteiger partial charge on any atom is 0.0643 e. The normalized spacial score (nSPS) is 12.3. The SMILES string of the molecule is c1ccc2sc3c(sc2c1)c1sc2ccccc2sc1c1c2sc4ccccc4sc2c2sc4ccccc4sc2c31. The van der Waals surface area contributed by atoms with Crippen molar-refractivity contribution in [3.8, 4) is 0 Å². The zero-order chi connectivity index (χ0) is 27.4. The van der Waals surface area contributed by atoms with Crippen molar-refractivity contribution in [3.05, 3.63) is 97.1 Å². The number of rotatable bonds is 0. The van der Waals surface area contributed by atoms with E-state index in [-0.39, 0.29) is 0 Å². The lowest BCUT2D eigenvalue weighted by molar-refractivity contribution is 1.88. The fourth-order valence-electron chi connectivity index (χ4n) is 5.64. The molecule has 10 aromatic rings. The molecule has 0 saturated heterocycles. The van der Waals surface area contributed by atoms with Gasteiger partial charge in [-0.3, -0.25) is 0 Å². The molecule has 0 N–H and O–H groups in total. The minimum absolute atomic E-state index is 1.36. The summed E-state index contributed by atoms with van der Waals surface area (Å²) in [4.78, 5) is 0. The summed E-state index contributed by atoms with van der Waals surface area (Å²) in [7, 11) is 0. The van der Waals surface area contributed by atoms with Gasteiger partial charge in [-0.1, -0.05) is 48.5 Å². The van der Waals surface area contributed by atoms with Gasteiger partial charge >= 0.3 is 0 Å². The van der Waals surface area contributed by atoms with Gasteiger partial charge in [0.15, 0.2) is 0 Å². The van der Waals surface area contributed by atoms with Crippen LogP contribution in [0.5, 0.6) is 0 Å². The summed E-state index contributed by atoms with van der Waals surface area (Å²) in [6, 6.07) is 35.7. The third-order valence-electron chi connectivity index (χ3n) is 7.49. The first-order chi connectivity index (χ1) is 20.8. The molecule has 0 atom stereocenters. The second kappa shape index (κ2) is 9.42. The Balaban J connectivity index is 1.60. The molecule has 0 saturated carbocycles. The van der Waals surface area contributed by atoms with Crippen LogP contribution >= 0.6 is 90.7 Å². The standard InChI is InChI=1S/C34H16S8/c1-5-13-21-17(9-1)35-27-25-26(29-32(31(27)39-21)40-22-14-6-3-11-19(22)37-29)30-34(42-24-16-8-4-12-20(24)38-30)33-28(25)36-18-10-2-7-15-23(18)41-33/h1-16H. The lowest BCUT2D eigenvalue weighted by atomic mass is 10.1. The average Bonchev–Trinajstić information content (AvgIpc) is 3.05. The molecule has 6 aromatic carbocycles. The van der Waals surface area contributed by atoms with Crippen LogP contribution in [0.2, 0.25) is 0 Å². The maximum atomic E-state index is 2.29. The van der Waals surface area contributed by atoms with Crippen molar-refractivity contribution in [2.75, 3.05) is 0 Å². The van der Waals surface area contributed by atoms with Crippen molar-refractivity contribution < 1.29 is 0 Å². The van der Waals surface area contributed by atoms with Crippen LogP contribution in [0.1, 0.15) is 0 Å². The zero-order valence-electron chi connectivity index (χ0n) is 21.5. The van der Waals surface area contributed by atoms with Gasteiger partial charge in [0.25, 0.3) is 0 Å². The Kier molecular flexibility index (Phi) is 5.55. The molecule has 42 heavy (non-hydrogen) atoms. The molecule has 0 spiro atoms. The van der Waals surface area contributed by atoms with Crippen LogP contribution in [0.3, 0.4) is 0 Å². The van der Waals surface area contributed by atoms with E-state index in [1.165, 1.54) is 86.0 Å². The number of benzene rings is 6. The van der Waals surface area contributed by atoms with Gasteiger partial charge in [-0.2, -0.15) is 0 Å². The third-order valence-corrected chi connectivity index (χ3v) is 18.3. The van der Waals surface area contributed by atoms with E-state index in [1.807, 2.05) is 90.7 Å². The molecule has 0 aliphatic heterocycles. The van der Waals surface area contributed by atoms with E-state index in [9.17, 15) is 0 Å². The van der Waals surface area contributed by atoms with E-state index in [2.05, 4.69) is 97.1 Å². The minimum atomic E-state index is 1.36. The number of hydrogen-bond acceptors (Lipinski definition) is 8. The summed E-state index contributed by atoms with van der Waals surface area (Å²) >= 11 is 15.8. The van der Waals surface area contributed by atoms with Crippen molar-refractivity contribution >= 4 is 177 Å². The van der Waals surface area contributed by atoms with Gasteiger partial charge in [-0.25, -0.2) is 0 Å². The van der Waals surface area contributed by atoms with Crippen LogP contribution in [-0.2, 0) is 0 Å². The van der Waals surface area contributed by atoms with Crippen LogP contribution in [0.15, 0.2) is 97.1 Å². The Hall–Kier alpha value is -2.66. The summed E-state index contributed by atoms with van der Waals surface area (Å²) < 4.78 is 22.3. The molecule has 4 heterocycles. The van der Waals surface area contributed by atoms with E-state index in [0.717, 1.165) is 0 Å². The highest BCUT2D eigenvalue weighted by Gasteiger charge is 2.22. The van der Waals surface area contributed by atoms with Gasteiger partial charge in [0.05, 0.1) is 37.6 Å². The van der Waals surface area contributed by atoms with Crippen molar-refractivity contribution in [2.24, 2.45) is 0 Å².